The average molecular weight is 409 g/mol. The van der Waals surface area contributed by atoms with Crippen LogP contribution in [0.15, 0.2) is 23.0 Å². The minimum Gasteiger partial charge on any atom is -0.378 e. The fraction of sp³-hybridized carbons (Fsp3) is 0.409. The summed E-state index contributed by atoms with van der Waals surface area (Å²) in [5.74, 6) is 0.419. The van der Waals surface area contributed by atoms with E-state index in [9.17, 15) is 9.59 Å². The molecule has 158 valence electrons. The number of fused-ring (bicyclic) bond motifs is 1. The number of anilines is 1. The number of morpholine rings is 1. The molecular weight excluding hydrogens is 382 g/mol. The Labute approximate surface area is 174 Å². The maximum atomic E-state index is 12.7. The minimum atomic E-state index is -0.228. The van der Waals surface area contributed by atoms with Crippen LogP contribution in [0.25, 0.3) is 10.9 Å². The van der Waals surface area contributed by atoms with Gasteiger partial charge in [-0.3, -0.25) is 14.6 Å². The average Bonchev–Trinajstić information content (AvgIpc) is 3.01. The fourth-order valence-corrected chi connectivity index (χ4v) is 4.07. The highest BCUT2D eigenvalue weighted by atomic mass is 16.5. The van der Waals surface area contributed by atoms with Crippen LogP contribution >= 0.6 is 0 Å². The van der Waals surface area contributed by atoms with Gasteiger partial charge in [0, 0.05) is 35.8 Å². The minimum absolute atomic E-state index is 0.103. The van der Waals surface area contributed by atoms with Crippen LogP contribution in [-0.4, -0.2) is 47.2 Å². The lowest BCUT2D eigenvalue weighted by molar-refractivity contribution is -0.120. The van der Waals surface area contributed by atoms with Gasteiger partial charge in [0.2, 0.25) is 11.9 Å². The summed E-state index contributed by atoms with van der Waals surface area (Å²) in [5.41, 5.74) is 5.72. The maximum absolute atomic E-state index is 12.7. The number of aryl methyl sites for hydroxylation is 3. The molecule has 0 atom stereocenters. The van der Waals surface area contributed by atoms with E-state index in [1.54, 1.807) is 0 Å². The third kappa shape index (κ3) is 4.23. The molecule has 8 heteroatoms. The van der Waals surface area contributed by atoms with Crippen LogP contribution in [0.1, 0.15) is 28.1 Å². The number of aromatic amines is 2. The second-order valence-corrected chi connectivity index (χ2v) is 7.85. The van der Waals surface area contributed by atoms with Crippen LogP contribution in [0.2, 0.25) is 0 Å². The third-order valence-electron chi connectivity index (χ3n) is 5.45. The molecule has 2 aromatic heterocycles. The Morgan fingerprint density at radius 2 is 1.93 bits per heavy atom. The first-order valence-corrected chi connectivity index (χ1v) is 10.2. The van der Waals surface area contributed by atoms with Gasteiger partial charge in [-0.05, 0) is 43.5 Å². The number of hydrogen-bond donors (Lipinski definition) is 3. The molecule has 1 aromatic carbocycles. The van der Waals surface area contributed by atoms with Crippen LogP contribution in [0, 0.1) is 20.8 Å². The van der Waals surface area contributed by atoms with E-state index in [4.69, 9.17) is 4.74 Å². The van der Waals surface area contributed by atoms with Crippen LogP contribution < -0.4 is 15.8 Å². The standard InChI is InChI=1S/C22H27N5O3/c1-13-8-14(2)21-17(15(3)24-18(21)9-13)11-19(28)23-12-16-10-20(29)26-22(25-16)27-4-6-30-7-5-27/h8-10,24H,4-7,11-12H2,1-3H3,(H,23,28)(H,25,26,29). The van der Waals surface area contributed by atoms with E-state index in [-0.39, 0.29) is 24.4 Å². The monoisotopic (exact) mass is 409 g/mol. The molecule has 3 aromatic rings. The first-order chi connectivity index (χ1) is 14.4. The highest BCUT2D eigenvalue weighted by Gasteiger charge is 2.16. The molecule has 1 fully saturated rings. The molecule has 3 heterocycles. The molecule has 0 spiro atoms. The van der Waals surface area contributed by atoms with Gasteiger partial charge < -0.3 is 19.9 Å². The van der Waals surface area contributed by atoms with Crippen molar-refractivity contribution in [2.45, 2.75) is 33.7 Å². The van der Waals surface area contributed by atoms with E-state index >= 15 is 0 Å². The van der Waals surface area contributed by atoms with Gasteiger partial charge in [0.1, 0.15) is 0 Å². The third-order valence-corrected chi connectivity index (χ3v) is 5.45. The molecule has 0 unspecified atom stereocenters. The van der Waals surface area contributed by atoms with E-state index in [1.807, 2.05) is 11.8 Å². The summed E-state index contributed by atoms with van der Waals surface area (Å²) in [6, 6.07) is 5.66. The van der Waals surface area contributed by atoms with Gasteiger partial charge in [-0.15, -0.1) is 0 Å². The van der Waals surface area contributed by atoms with E-state index in [0.717, 1.165) is 27.7 Å². The smallest absolute Gasteiger partial charge is 0.252 e. The summed E-state index contributed by atoms with van der Waals surface area (Å²) in [5, 5.41) is 4.01. The molecule has 30 heavy (non-hydrogen) atoms. The summed E-state index contributed by atoms with van der Waals surface area (Å²) in [7, 11) is 0. The molecule has 1 saturated heterocycles. The highest BCUT2D eigenvalue weighted by Crippen LogP contribution is 2.27. The predicted octanol–water partition coefficient (Wildman–Crippen LogP) is 1.87. The summed E-state index contributed by atoms with van der Waals surface area (Å²) in [4.78, 5) is 37.4. The Balaban J connectivity index is 1.47. The van der Waals surface area contributed by atoms with Crippen molar-refractivity contribution in [1.29, 1.82) is 0 Å². The zero-order chi connectivity index (χ0) is 21.3. The van der Waals surface area contributed by atoms with Crippen molar-refractivity contribution in [1.82, 2.24) is 20.3 Å². The Morgan fingerprint density at radius 1 is 1.17 bits per heavy atom. The van der Waals surface area contributed by atoms with Gasteiger partial charge in [0.05, 0.1) is 31.9 Å². The van der Waals surface area contributed by atoms with Crippen LogP contribution in [-0.2, 0) is 22.5 Å². The second kappa shape index (κ2) is 8.31. The first kappa shape index (κ1) is 20.2. The molecule has 1 aliphatic rings. The lowest BCUT2D eigenvalue weighted by atomic mass is 10.0. The van der Waals surface area contributed by atoms with Crippen LogP contribution in [0.4, 0.5) is 5.95 Å². The van der Waals surface area contributed by atoms with E-state index in [2.05, 4.69) is 46.2 Å². The lowest BCUT2D eigenvalue weighted by Gasteiger charge is -2.27. The van der Waals surface area contributed by atoms with Crippen LogP contribution in [0.5, 0.6) is 0 Å². The van der Waals surface area contributed by atoms with Gasteiger partial charge in [0.15, 0.2) is 0 Å². The molecular formula is C22H27N5O3. The summed E-state index contributed by atoms with van der Waals surface area (Å²) in [6.45, 7) is 8.89. The van der Waals surface area contributed by atoms with Crippen molar-refractivity contribution >= 4 is 22.8 Å². The van der Waals surface area contributed by atoms with E-state index in [1.165, 1.54) is 11.6 Å². The number of carbonyl (C=O) groups is 1. The van der Waals surface area contributed by atoms with Gasteiger partial charge in [-0.2, -0.15) is 0 Å². The largest absolute Gasteiger partial charge is 0.378 e. The van der Waals surface area contributed by atoms with Crippen molar-refractivity contribution in [3.8, 4) is 0 Å². The van der Waals surface area contributed by atoms with E-state index in [0.29, 0.717) is 37.9 Å². The first-order valence-electron chi connectivity index (χ1n) is 10.2. The zero-order valence-electron chi connectivity index (χ0n) is 17.6. The second-order valence-electron chi connectivity index (χ2n) is 7.85. The normalized spacial score (nSPS) is 14.3. The number of carbonyl (C=O) groups excluding carboxylic acids is 1. The number of nitrogens with zero attached hydrogens (tertiary/aromatic N) is 2. The van der Waals surface area contributed by atoms with Gasteiger partial charge in [-0.25, -0.2) is 4.98 Å². The molecule has 0 aliphatic carbocycles. The Bertz CT molecular complexity index is 1140. The molecule has 4 rings (SSSR count). The number of benzene rings is 1. The summed E-state index contributed by atoms with van der Waals surface area (Å²) in [6.07, 6.45) is 0.273. The number of nitrogens with one attached hydrogen (secondary N) is 3. The number of rotatable bonds is 5. The van der Waals surface area contributed by atoms with Crippen LogP contribution in [0.3, 0.4) is 0 Å². The predicted molar refractivity (Wildman–Crippen MR) is 116 cm³/mol. The number of ether oxygens (including phenoxy) is 1. The SMILES string of the molecule is Cc1cc(C)c2c(CC(=O)NCc3cc(=O)[nH]c(N4CCOCC4)n3)c(C)[nH]c2c1. The number of H-pyrrole nitrogens is 2. The fourth-order valence-electron chi connectivity index (χ4n) is 4.07. The molecule has 0 radical (unpaired) electrons. The molecule has 8 nitrogen and oxygen atoms in total. The Kier molecular flexibility index (Phi) is 5.59. The van der Waals surface area contributed by atoms with Crippen molar-refractivity contribution in [3.05, 3.63) is 56.6 Å². The van der Waals surface area contributed by atoms with Crippen molar-refractivity contribution < 1.29 is 9.53 Å². The lowest BCUT2D eigenvalue weighted by Crippen LogP contribution is -2.38. The quantitative estimate of drug-likeness (QED) is 0.597. The molecule has 1 amide bonds. The molecule has 1 aliphatic heterocycles. The van der Waals surface area contributed by atoms with Crippen molar-refractivity contribution in [2.75, 3.05) is 31.2 Å². The topological polar surface area (TPSA) is 103 Å². The maximum Gasteiger partial charge on any atom is 0.252 e. The summed E-state index contributed by atoms with van der Waals surface area (Å²) < 4.78 is 5.34. The highest BCUT2D eigenvalue weighted by molar-refractivity contribution is 5.92. The summed E-state index contributed by atoms with van der Waals surface area (Å²) >= 11 is 0. The number of amides is 1. The zero-order valence-corrected chi connectivity index (χ0v) is 17.6. The van der Waals surface area contributed by atoms with Crippen molar-refractivity contribution in [2.24, 2.45) is 0 Å². The molecule has 0 saturated carbocycles. The van der Waals surface area contributed by atoms with Gasteiger partial charge >= 0.3 is 0 Å². The Hall–Kier alpha value is -3.13. The Morgan fingerprint density at radius 3 is 2.70 bits per heavy atom. The number of aromatic nitrogens is 3. The number of hydrogen-bond acceptors (Lipinski definition) is 5. The van der Waals surface area contributed by atoms with Crippen molar-refractivity contribution in [3.63, 3.8) is 0 Å². The molecule has 3 N–H and O–H groups in total. The molecule has 0 bridgehead atoms. The van der Waals surface area contributed by atoms with E-state index < -0.39 is 0 Å². The van der Waals surface area contributed by atoms with Gasteiger partial charge in [-0.1, -0.05) is 6.07 Å². The van der Waals surface area contributed by atoms with Gasteiger partial charge in [0.25, 0.3) is 5.56 Å².